The SMILES string of the molecule is Cc1ccccc1-c1nc(CN)sc1C(C)C. The number of rotatable bonds is 3. The number of benzene rings is 1. The van der Waals surface area contributed by atoms with Crippen molar-refractivity contribution in [3.63, 3.8) is 0 Å². The first-order chi connectivity index (χ1) is 8.13. The van der Waals surface area contributed by atoms with E-state index >= 15 is 0 Å². The van der Waals surface area contributed by atoms with Gasteiger partial charge in [-0.3, -0.25) is 0 Å². The van der Waals surface area contributed by atoms with E-state index in [9.17, 15) is 0 Å². The average molecular weight is 246 g/mol. The highest BCUT2D eigenvalue weighted by molar-refractivity contribution is 7.12. The van der Waals surface area contributed by atoms with E-state index in [1.165, 1.54) is 16.0 Å². The summed E-state index contributed by atoms with van der Waals surface area (Å²) in [6.45, 7) is 7.06. The van der Waals surface area contributed by atoms with E-state index in [0.717, 1.165) is 10.7 Å². The van der Waals surface area contributed by atoms with Gasteiger partial charge < -0.3 is 5.73 Å². The van der Waals surface area contributed by atoms with E-state index in [4.69, 9.17) is 5.73 Å². The summed E-state index contributed by atoms with van der Waals surface area (Å²) in [5.41, 5.74) is 9.31. The van der Waals surface area contributed by atoms with Gasteiger partial charge in [0.2, 0.25) is 0 Å². The lowest BCUT2D eigenvalue weighted by atomic mass is 10.0. The van der Waals surface area contributed by atoms with Crippen molar-refractivity contribution >= 4 is 11.3 Å². The molecule has 0 saturated carbocycles. The standard InChI is InChI=1S/C14H18N2S/c1-9(2)14-13(16-12(8-15)17-14)11-7-5-4-6-10(11)3/h4-7,9H,8,15H2,1-3H3. The van der Waals surface area contributed by atoms with Crippen molar-refractivity contribution in [1.29, 1.82) is 0 Å². The molecule has 0 unspecified atom stereocenters. The third-order valence-corrected chi connectivity index (χ3v) is 4.18. The Kier molecular flexibility index (Phi) is 3.60. The Bertz CT molecular complexity index is 515. The molecule has 2 N–H and O–H groups in total. The van der Waals surface area contributed by atoms with Crippen LogP contribution in [-0.2, 0) is 6.54 Å². The van der Waals surface area contributed by atoms with Crippen molar-refractivity contribution in [3.8, 4) is 11.3 Å². The normalized spacial score (nSPS) is 11.1. The Morgan fingerprint density at radius 3 is 2.59 bits per heavy atom. The Morgan fingerprint density at radius 2 is 2.00 bits per heavy atom. The lowest BCUT2D eigenvalue weighted by Crippen LogP contribution is -1.95. The predicted molar refractivity (Wildman–Crippen MR) is 74.3 cm³/mol. The summed E-state index contributed by atoms with van der Waals surface area (Å²) in [6, 6.07) is 8.38. The summed E-state index contributed by atoms with van der Waals surface area (Å²) in [4.78, 5) is 6.01. The van der Waals surface area contributed by atoms with E-state index in [2.05, 4.69) is 50.0 Å². The molecule has 0 fully saturated rings. The number of hydrogen-bond acceptors (Lipinski definition) is 3. The van der Waals surface area contributed by atoms with Crippen LogP contribution in [0.25, 0.3) is 11.3 Å². The lowest BCUT2D eigenvalue weighted by molar-refractivity contribution is 0.887. The number of nitrogens with two attached hydrogens (primary N) is 1. The van der Waals surface area contributed by atoms with E-state index in [1.54, 1.807) is 11.3 Å². The van der Waals surface area contributed by atoms with Crippen LogP contribution in [0.1, 0.15) is 35.2 Å². The molecule has 0 spiro atoms. The Balaban J connectivity index is 2.58. The van der Waals surface area contributed by atoms with Crippen molar-refractivity contribution in [2.75, 3.05) is 0 Å². The largest absolute Gasteiger partial charge is 0.325 e. The zero-order valence-electron chi connectivity index (χ0n) is 10.5. The molecule has 1 aromatic heterocycles. The molecule has 90 valence electrons. The first-order valence-corrected chi connectivity index (χ1v) is 6.70. The second-order valence-electron chi connectivity index (χ2n) is 4.49. The first kappa shape index (κ1) is 12.3. The van der Waals surface area contributed by atoms with Gasteiger partial charge in [-0.05, 0) is 18.4 Å². The van der Waals surface area contributed by atoms with Gasteiger partial charge in [0, 0.05) is 17.0 Å². The molecule has 0 radical (unpaired) electrons. The van der Waals surface area contributed by atoms with Crippen LogP contribution in [0.2, 0.25) is 0 Å². The first-order valence-electron chi connectivity index (χ1n) is 5.89. The van der Waals surface area contributed by atoms with Crippen molar-refractivity contribution in [2.24, 2.45) is 5.73 Å². The number of thiazole rings is 1. The summed E-state index contributed by atoms with van der Waals surface area (Å²) in [5, 5.41) is 1.02. The fourth-order valence-electron chi connectivity index (χ4n) is 1.89. The topological polar surface area (TPSA) is 38.9 Å². The van der Waals surface area contributed by atoms with Gasteiger partial charge in [0.1, 0.15) is 5.01 Å². The summed E-state index contributed by atoms with van der Waals surface area (Å²) in [5.74, 6) is 0.488. The van der Waals surface area contributed by atoms with Gasteiger partial charge in [-0.25, -0.2) is 4.98 Å². The van der Waals surface area contributed by atoms with Crippen LogP contribution in [0.3, 0.4) is 0 Å². The molecule has 1 heterocycles. The van der Waals surface area contributed by atoms with Crippen molar-refractivity contribution in [2.45, 2.75) is 33.2 Å². The fourth-order valence-corrected chi connectivity index (χ4v) is 2.85. The molecule has 17 heavy (non-hydrogen) atoms. The maximum absolute atomic E-state index is 5.70. The van der Waals surface area contributed by atoms with Crippen LogP contribution in [0.5, 0.6) is 0 Å². The molecule has 2 nitrogen and oxygen atoms in total. The molecule has 0 bridgehead atoms. The Morgan fingerprint density at radius 1 is 1.29 bits per heavy atom. The third kappa shape index (κ3) is 2.40. The molecule has 0 aliphatic heterocycles. The smallest absolute Gasteiger partial charge is 0.107 e. The monoisotopic (exact) mass is 246 g/mol. The highest BCUT2D eigenvalue weighted by atomic mass is 32.1. The van der Waals surface area contributed by atoms with Crippen LogP contribution < -0.4 is 5.73 Å². The summed E-state index contributed by atoms with van der Waals surface area (Å²) < 4.78 is 0. The quantitative estimate of drug-likeness (QED) is 0.896. The van der Waals surface area contributed by atoms with Gasteiger partial charge in [-0.2, -0.15) is 0 Å². The van der Waals surface area contributed by atoms with Crippen LogP contribution in [0.15, 0.2) is 24.3 Å². The van der Waals surface area contributed by atoms with Gasteiger partial charge in [0.15, 0.2) is 0 Å². The third-order valence-electron chi connectivity index (χ3n) is 2.80. The number of hydrogen-bond donors (Lipinski definition) is 1. The number of nitrogens with zero attached hydrogens (tertiary/aromatic N) is 1. The second-order valence-corrected chi connectivity index (χ2v) is 5.61. The minimum atomic E-state index is 0.488. The molecule has 3 heteroatoms. The summed E-state index contributed by atoms with van der Waals surface area (Å²) in [6.07, 6.45) is 0. The maximum atomic E-state index is 5.70. The van der Waals surface area contributed by atoms with Crippen LogP contribution in [0, 0.1) is 6.92 Å². The molecule has 1 aromatic carbocycles. The number of aromatic nitrogens is 1. The predicted octanol–water partition coefficient (Wildman–Crippen LogP) is 3.70. The van der Waals surface area contributed by atoms with E-state index in [-0.39, 0.29) is 0 Å². The highest BCUT2D eigenvalue weighted by Gasteiger charge is 2.16. The molecule has 0 atom stereocenters. The van der Waals surface area contributed by atoms with Crippen molar-refractivity contribution in [1.82, 2.24) is 4.98 Å². The minimum Gasteiger partial charge on any atom is -0.325 e. The van der Waals surface area contributed by atoms with Crippen molar-refractivity contribution in [3.05, 3.63) is 39.7 Å². The van der Waals surface area contributed by atoms with Crippen LogP contribution in [0.4, 0.5) is 0 Å². The Labute approximate surface area is 107 Å². The molecule has 0 aliphatic rings. The summed E-state index contributed by atoms with van der Waals surface area (Å²) in [7, 11) is 0. The molecular weight excluding hydrogens is 228 g/mol. The molecule has 0 aliphatic carbocycles. The maximum Gasteiger partial charge on any atom is 0.107 e. The molecular formula is C14H18N2S. The van der Waals surface area contributed by atoms with Gasteiger partial charge in [0.05, 0.1) is 5.69 Å². The van der Waals surface area contributed by atoms with Crippen LogP contribution >= 0.6 is 11.3 Å². The van der Waals surface area contributed by atoms with E-state index < -0.39 is 0 Å². The van der Waals surface area contributed by atoms with Crippen LogP contribution in [-0.4, -0.2) is 4.98 Å². The summed E-state index contributed by atoms with van der Waals surface area (Å²) >= 11 is 1.74. The fraction of sp³-hybridized carbons (Fsp3) is 0.357. The molecule has 2 rings (SSSR count). The second kappa shape index (κ2) is 4.98. The highest BCUT2D eigenvalue weighted by Crippen LogP contribution is 2.35. The molecule has 0 amide bonds. The molecule has 2 aromatic rings. The van der Waals surface area contributed by atoms with Gasteiger partial charge in [-0.15, -0.1) is 11.3 Å². The van der Waals surface area contributed by atoms with E-state index in [1.807, 2.05) is 0 Å². The van der Waals surface area contributed by atoms with E-state index in [0.29, 0.717) is 12.5 Å². The van der Waals surface area contributed by atoms with Gasteiger partial charge in [-0.1, -0.05) is 38.1 Å². The minimum absolute atomic E-state index is 0.488. The van der Waals surface area contributed by atoms with Crippen molar-refractivity contribution < 1.29 is 0 Å². The zero-order chi connectivity index (χ0) is 12.4. The molecule has 0 saturated heterocycles. The van der Waals surface area contributed by atoms with Gasteiger partial charge in [0.25, 0.3) is 0 Å². The zero-order valence-corrected chi connectivity index (χ0v) is 11.3. The lowest BCUT2D eigenvalue weighted by Gasteiger charge is -2.07. The average Bonchev–Trinajstić information content (AvgIpc) is 2.73. The Hall–Kier alpha value is -1.19. The van der Waals surface area contributed by atoms with Gasteiger partial charge >= 0.3 is 0 Å². The number of aryl methyl sites for hydroxylation is 1.